The molecule has 0 atom stereocenters. The number of benzene rings is 1. The lowest BCUT2D eigenvalue weighted by molar-refractivity contribution is 0.262. The zero-order chi connectivity index (χ0) is 18.4. The van der Waals surface area contributed by atoms with Gasteiger partial charge in [0.2, 0.25) is 0 Å². The van der Waals surface area contributed by atoms with E-state index in [1.54, 1.807) is 12.1 Å². The molecule has 2 N–H and O–H groups in total. The van der Waals surface area contributed by atoms with Gasteiger partial charge in [-0.1, -0.05) is 44.2 Å². The molecule has 0 unspecified atom stereocenters. The van der Waals surface area contributed by atoms with Crippen LogP contribution in [0.15, 0.2) is 48.1 Å². The van der Waals surface area contributed by atoms with Crippen LogP contribution in [0, 0.1) is 23.2 Å². The number of halogens is 1. The standard InChI is InChI=1S/C21H25ClN2O/c1-4-15(8-17(12-23)9-16-6-14(3)7-16)13-25-21-11-20(24)19(22)10-18(21)5-2/h4,8-11,14,16H,1,5-7,13,24H2,2-3H3/b15-8+,17-9+. The number of nitrogens with zero attached hydrogens (tertiary/aromatic N) is 1. The van der Waals surface area contributed by atoms with E-state index in [4.69, 9.17) is 22.1 Å². The molecule has 0 saturated heterocycles. The molecule has 0 aromatic heterocycles. The molecule has 25 heavy (non-hydrogen) atoms. The van der Waals surface area contributed by atoms with E-state index in [0.29, 0.717) is 34.6 Å². The molecule has 4 heteroatoms. The maximum Gasteiger partial charge on any atom is 0.125 e. The van der Waals surface area contributed by atoms with Crippen LogP contribution in [0.4, 0.5) is 5.69 Å². The smallest absolute Gasteiger partial charge is 0.125 e. The molecule has 0 heterocycles. The van der Waals surface area contributed by atoms with Crippen LogP contribution in [0.3, 0.4) is 0 Å². The monoisotopic (exact) mass is 356 g/mol. The predicted molar refractivity (Wildman–Crippen MR) is 105 cm³/mol. The lowest BCUT2D eigenvalue weighted by atomic mass is 9.75. The van der Waals surface area contributed by atoms with Crippen molar-refractivity contribution in [2.45, 2.75) is 33.1 Å². The number of hydrogen-bond acceptors (Lipinski definition) is 3. The molecule has 3 nitrogen and oxygen atoms in total. The van der Waals surface area contributed by atoms with E-state index >= 15 is 0 Å². The summed E-state index contributed by atoms with van der Waals surface area (Å²) in [5, 5.41) is 9.91. The summed E-state index contributed by atoms with van der Waals surface area (Å²) in [6.07, 6.45) is 8.74. The third kappa shape index (κ3) is 5.14. The van der Waals surface area contributed by atoms with Crippen molar-refractivity contribution in [3.8, 4) is 11.8 Å². The summed E-state index contributed by atoms with van der Waals surface area (Å²) in [7, 11) is 0. The van der Waals surface area contributed by atoms with Crippen LogP contribution in [0.2, 0.25) is 5.02 Å². The second-order valence-corrected chi connectivity index (χ2v) is 7.02. The Labute approximate surface area is 155 Å². The van der Waals surface area contributed by atoms with Crippen molar-refractivity contribution in [2.75, 3.05) is 12.3 Å². The van der Waals surface area contributed by atoms with Crippen LogP contribution in [0.1, 0.15) is 32.3 Å². The molecule has 0 radical (unpaired) electrons. The molecule has 1 aromatic rings. The molecular weight excluding hydrogens is 332 g/mol. The van der Waals surface area contributed by atoms with Crippen LogP contribution < -0.4 is 10.5 Å². The van der Waals surface area contributed by atoms with Gasteiger partial charge in [0.05, 0.1) is 16.8 Å². The Hall–Kier alpha value is -2.18. The molecule has 1 aliphatic carbocycles. The number of aryl methyl sites for hydroxylation is 1. The minimum atomic E-state index is 0.331. The predicted octanol–water partition coefficient (Wildman–Crippen LogP) is 5.47. The zero-order valence-corrected chi connectivity index (χ0v) is 15.6. The highest BCUT2D eigenvalue weighted by atomic mass is 35.5. The van der Waals surface area contributed by atoms with E-state index in [1.165, 1.54) is 0 Å². The second kappa shape index (κ2) is 8.78. The first kappa shape index (κ1) is 19.1. The molecule has 1 fully saturated rings. The highest BCUT2D eigenvalue weighted by molar-refractivity contribution is 6.33. The quantitative estimate of drug-likeness (QED) is 0.400. The normalized spacial score (nSPS) is 20.6. The fourth-order valence-corrected chi connectivity index (χ4v) is 3.20. The average Bonchev–Trinajstić information content (AvgIpc) is 2.58. The van der Waals surface area contributed by atoms with Gasteiger partial charge in [-0.25, -0.2) is 0 Å². The summed E-state index contributed by atoms with van der Waals surface area (Å²) in [5.41, 5.74) is 8.90. The van der Waals surface area contributed by atoms with Gasteiger partial charge in [0.1, 0.15) is 12.4 Å². The highest BCUT2D eigenvalue weighted by Gasteiger charge is 2.23. The van der Waals surface area contributed by atoms with Crippen molar-refractivity contribution in [2.24, 2.45) is 11.8 Å². The first-order chi connectivity index (χ1) is 12.0. The van der Waals surface area contributed by atoms with Gasteiger partial charge in [-0.2, -0.15) is 5.26 Å². The van der Waals surface area contributed by atoms with Gasteiger partial charge in [-0.3, -0.25) is 0 Å². The molecule has 0 amide bonds. The average molecular weight is 357 g/mol. The summed E-state index contributed by atoms with van der Waals surface area (Å²) in [6.45, 7) is 8.43. The maximum atomic E-state index is 9.37. The van der Waals surface area contributed by atoms with Crippen LogP contribution >= 0.6 is 11.6 Å². The first-order valence-corrected chi connectivity index (χ1v) is 9.00. The summed E-state index contributed by atoms with van der Waals surface area (Å²) < 4.78 is 5.91. The molecule has 132 valence electrons. The van der Waals surface area contributed by atoms with Gasteiger partial charge in [-0.15, -0.1) is 0 Å². The van der Waals surface area contributed by atoms with E-state index in [0.717, 1.165) is 36.3 Å². The molecule has 0 aliphatic heterocycles. The van der Waals surface area contributed by atoms with E-state index < -0.39 is 0 Å². The van der Waals surface area contributed by atoms with Crippen LogP contribution in [0.25, 0.3) is 0 Å². The van der Waals surface area contributed by atoms with Crippen LogP contribution in [-0.2, 0) is 6.42 Å². The fourth-order valence-electron chi connectivity index (χ4n) is 3.01. The van der Waals surface area contributed by atoms with Crippen molar-refractivity contribution in [1.82, 2.24) is 0 Å². The maximum absolute atomic E-state index is 9.37. The second-order valence-electron chi connectivity index (χ2n) is 6.62. The Bertz CT molecular complexity index is 737. The lowest BCUT2D eigenvalue weighted by Crippen LogP contribution is -2.19. The topological polar surface area (TPSA) is 59.0 Å². The third-order valence-corrected chi connectivity index (χ3v) is 4.84. The van der Waals surface area contributed by atoms with Gasteiger partial charge in [0.15, 0.2) is 0 Å². The highest BCUT2D eigenvalue weighted by Crippen LogP contribution is 2.35. The number of nitrogens with two attached hydrogens (primary N) is 1. The lowest BCUT2D eigenvalue weighted by Gasteiger charge is -2.30. The van der Waals surface area contributed by atoms with Gasteiger partial charge in [0, 0.05) is 11.6 Å². The Kier molecular flexibility index (Phi) is 6.73. The number of ether oxygens (including phenoxy) is 1. The van der Waals surface area contributed by atoms with E-state index in [9.17, 15) is 5.26 Å². The van der Waals surface area contributed by atoms with Gasteiger partial charge in [-0.05, 0) is 54.4 Å². The van der Waals surface area contributed by atoms with Crippen molar-refractivity contribution >= 4 is 17.3 Å². The van der Waals surface area contributed by atoms with E-state index in [2.05, 4.69) is 25.6 Å². The summed E-state index contributed by atoms with van der Waals surface area (Å²) in [6, 6.07) is 5.85. The summed E-state index contributed by atoms with van der Waals surface area (Å²) >= 11 is 6.07. The molecule has 0 spiro atoms. The summed E-state index contributed by atoms with van der Waals surface area (Å²) in [4.78, 5) is 0. The van der Waals surface area contributed by atoms with Crippen LogP contribution in [-0.4, -0.2) is 6.61 Å². The van der Waals surface area contributed by atoms with Crippen molar-refractivity contribution < 1.29 is 4.74 Å². The number of anilines is 1. The molecule has 0 bridgehead atoms. The Morgan fingerprint density at radius 1 is 1.48 bits per heavy atom. The zero-order valence-electron chi connectivity index (χ0n) is 14.9. The summed E-state index contributed by atoms with van der Waals surface area (Å²) in [5.74, 6) is 1.98. The number of rotatable bonds is 7. The van der Waals surface area contributed by atoms with Crippen molar-refractivity contribution in [3.63, 3.8) is 0 Å². The van der Waals surface area contributed by atoms with Gasteiger partial charge in [0.25, 0.3) is 0 Å². The van der Waals surface area contributed by atoms with E-state index in [1.807, 2.05) is 19.1 Å². The van der Waals surface area contributed by atoms with Crippen molar-refractivity contribution in [3.05, 3.63) is 58.7 Å². The number of hydrogen-bond donors (Lipinski definition) is 1. The van der Waals surface area contributed by atoms with E-state index in [-0.39, 0.29) is 0 Å². The Balaban J connectivity index is 2.10. The fraction of sp³-hybridized carbons (Fsp3) is 0.381. The molecule has 1 saturated carbocycles. The minimum Gasteiger partial charge on any atom is -0.489 e. The third-order valence-electron chi connectivity index (χ3n) is 4.51. The number of nitriles is 1. The Morgan fingerprint density at radius 2 is 2.20 bits per heavy atom. The Morgan fingerprint density at radius 3 is 2.76 bits per heavy atom. The molecule has 1 aliphatic rings. The van der Waals surface area contributed by atoms with Crippen molar-refractivity contribution in [1.29, 1.82) is 5.26 Å². The number of nitrogen functional groups attached to an aromatic ring is 1. The SMILES string of the molecule is C=C/C(=C\C(C#N)=C/C1CC(C)C1)COc1cc(N)c(Cl)cc1CC. The number of allylic oxidation sites excluding steroid dienone is 3. The van der Waals surface area contributed by atoms with Crippen LogP contribution in [0.5, 0.6) is 5.75 Å². The minimum absolute atomic E-state index is 0.331. The molecular formula is C21H25ClN2O. The molecule has 1 aromatic carbocycles. The molecule has 2 rings (SSSR count). The first-order valence-electron chi connectivity index (χ1n) is 8.62. The van der Waals surface area contributed by atoms with Gasteiger partial charge < -0.3 is 10.5 Å². The largest absolute Gasteiger partial charge is 0.489 e. The van der Waals surface area contributed by atoms with Gasteiger partial charge >= 0.3 is 0 Å².